The van der Waals surface area contributed by atoms with Crippen LogP contribution in [0.5, 0.6) is 5.75 Å². The first kappa shape index (κ1) is 55.7. The number of aliphatic hydroxyl groups excluding tert-OH is 1. The fourth-order valence-electron chi connectivity index (χ4n) is 6.25. The van der Waals surface area contributed by atoms with Gasteiger partial charge in [0, 0.05) is 31.0 Å². The second-order valence-corrected chi connectivity index (χ2v) is 15.6. The van der Waals surface area contributed by atoms with Crippen LogP contribution in [-0.2, 0) is 54.4 Å². The van der Waals surface area contributed by atoms with Gasteiger partial charge in [-0.05, 0) is 50.3 Å². The molecular formula is C38H58N12O14S2. The van der Waals surface area contributed by atoms with Crippen molar-refractivity contribution in [1.29, 1.82) is 0 Å². The normalized spacial score (nSPS) is 16.3. The van der Waals surface area contributed by atoms with Gasteiger partial charge in [-0.25, -0.2) is 0 Å². The van der Waals surface area contributed by atoms with Crippen LogP contribution in [0.2, 0.25) is 0 Å². The lowest BCUT2D eigenvalue weighted by Gasteiger charge is -2.30. The molecule has 17 N–H and O–H groups in total. The summed E-state index contributed by atoms with van der Waals surface area (Å²) < 4.78 is 0. The minimum Gasteiger partial charge on any atom is -0.508 e. The van der Waals surface area contributed by atoms with Crippen LogP contribution < -0.4 is 54.4 Å². The number of aliphatic imine (C=N–C) groups is 1. The number of carbonyl (C=O) groups is 10. The summed E-state index contributed by atoms with van der Waals surface area (Å²) in [6.45, 7) is -0.498. The number of carboxylic acids is 2. The van der Waals surface area contributed by atoms with Crippen LogP contribution in [0, 0.1) is 0 Å². The number of aliphatic hydroxyl groups is 1. The van der Waals surface area contributed by atoms with Crippen molar-refractivity contribution in [2.45, 2.75) is 93.8 Å². The third kappa shape index (κ3) is 18.6. The number of benzene rings is 1. The molecule has 366 valence electrons. The van der Waals surface area contributed by atoms with Crippen LogP contribution in [0.3, 0.4) is 0 Å². The predicted molar refractivity (Wildman–Crippen MR) is 239 cm³/mol. The lowest BCUT2D eigenvalue weighted by Crippen LogP contribution is -2.60. The lowest BCUT2D eigenvalue weighted by atomic mass is 10.0. The molecule has 1 saturated heterocycles. The van der Waals surface area contributed by atoms with Crippen LogP contribution in [0.1, 0.15) is 44.6 Å². The van der Waals surface area contributed by atoms with E-state index in [2.05, 4.69) is 67.5 Å². The molecular weight excluding hydrogens is 913 g/mol. The number of aliphatic carboxylic acids is 2. The molecule has 2 rings (SSSR count). The number of nitrogens with two attached hydrogens (primary N) is 3. The van der Waals surface area contributed by atoms with Crippen molar-refractivity contribution in [2.24, 2.45) is 22.2 Å². The quantitative estimate of drug-likeness (QED) is 0.0169. The molecule has 0 aromatic heterocycles. The summed E-state index contributed by atoms with van der Waals surface area (Å²) in [5.41, 5.74) is 16.8. The molecule has 1 heterocycles. The number of nitrogens with zero attached hydrogens (tertiary/aromatic N) is 2. The van der Waals surface area contributed by atoms with Crippen molar-refractivity contribution in [2.75, 3.05) is 37.7 Å². The monoisotopic (exact) mass is 970 g/mol. The lowest BCUT2D eigenvalue weighted by molar-refractivity contribution is -0.143. The summed E-state index contributed by atoms with van der Waals surface area (Å²) >= 11 is 7.98. The number of guanidine groups is 1. The van der Waals surface area contributed by atoms with Crippen LogP contribution >= 0.6 is 25.3 Å². The van der Waals surface area contributed by atoms with Gasteiger partial charge in [-0.1, -0.05) is 12.1 Å². The largest absolute Gasteiger partial charge is 0.508 e. The first-order valence-electron chi connectivity index (χ1n) is 20.4. The topological polar surface area (TPSA) is 429 Å². The highest BCUT2D eigenvalue weighted by Gasteiger charge is 2.40. The summed E-state index contributed by atoms with van der Waals surface area (Å²) in [4.78, 5) is 134. The Bertz CT molecular complexity index is 1940. The molecule has 1 fully saturated rings. The standard InChI is InChI=1S/C38H58N12O14S2/c1-18(44-33(60)22(4-2-10-42-38(40)41)45-35(62)24(13-28(53)54)46-31(58)21(39)16-65)30(57)48-25(15-51)37(64)50-11-3-5-27(50)36(63)47-23(12-19-6-8-20(52)9-7-19)34(61)49-26(17-66)32(59)43-14-29(55)56/h6-9,18,21-27,51-52,65-66H,2-5,10-17,39H2,1H3,(H,43,59)(H,44,60)(H,45,62)(H,46,58)(H,47,63)(H,48,57)(H,49,61)(H,53,54)(H,55,56)(H4,40,41,42)/t18-,21-,22-,23-,24-,25-,26-,27-/m0/s1. The number of aromatic hydroxyl groups is 1. The van der Waals surface area contributed by atoms with Gasteiger partial charge in [-0.3, -0.25) is 52.9 Å². The fourth-order valence-corrected chi connectivity index (χ4v) is 6.68. The molecule has 1 aromatic rings. The van der Waals surface area contributed by atoms with E-state index in [4.69, 9.17) is 22.3 Å². The molecule has 0 aliphatic carbocycles. The summed E-state index contributed by atoms with van der Waals surface area (Å²) in [6, 6.07) is -5.70. The predicted octanol–water partition coefficient (Wildman–Crippen LogP) is -6.24. The highest BCUT2D eigenvalue weighted by molar-refractivity contribution is 7.80. The van der Waals surface area contributed by atoms with Gasteiger partial charge in [0.15, 0.2) is 5.96 Å². The molecule has 0 bridgehead atoms. The van der Waals surface area contributed by atoms with Crippen molar-refractivity contribution < 1.29 is 68.4 Å². The number of likely N-dealkylation sites (tertiary alicyclic amines) is 1. The van der Waals surface area contributed by atoms with Gasteiger partial charge in [0.05, 0.1) is 19.1 Å². The fraction of sp³-hybridized carbons (Fsp3) is 0.553. The zero-order valence-corrected chi connectivity index (χ0v) is 37.6. The average molecular weight is 971 g/mol. The summed E-state index contributed by atoms with van der Waals surface area (Å²) in [5, 5.41) is 54.7. The van der Waals surface area contributed by atoms with Gasteiger partial charge in [0.1, 0.15) is 54.6 Å². The Kier molecular flexibility index (Phi) is 23.5. The van der Waals surface area contributed by atoms with Crippen molar-refractivity contribution in [3.63, 3.8) is 0 Å². The SMILES string of the molecule is C[C@H](NC(=O)[C@H](CCCN=C(N)N)NC(=O)[C@H](CC(=O)O)NC(=O)[C@@H](N)CS)C(=O)N[C@@H](CO)C(=O)N1CCC[C@H]1C(=O)N[C@@H](Cc1ccc(O)cc1)C(=O)N[C@@H](CS)C(=O)NCC(=O)O. The Hall–Kier alpha value is -6.39. The van der Waals surface area contributed by atoms with Gasteiger partial charge in [-0.2, -0.15) is 25.3 Å². The van der Waals surface area contributed by atoms with Crippen LogP contribution in [-0.4, -0.2) is 177 Å². The van der Waals surface area contributed by atoms with E-state index in [1.165, 1.54) is 31.2 Å². The van der Waals surface area contributed by atoms with Gasteiger partial charge < -0.3 is 79.7 Å². The molecule has 28 heteroatoms. The molecule has 1 aromatic carbocycles. The second-order valence-electron chi connectivity index (χ2n) is 14.9. The smallest absolute Gasteiger partial charge is 0.322 e. The molecule has 8 atom stereocenters. The number of hydrogen-bond donors (Lipinski definition) is 16. The van der Waals surface area contributed by atoms with E-state index in [0.29, 0.717) is 5.56 Å². The number of rotatable bonds is 27. The zero-order valence-electron chi connectivity index (χ0n) is 35.8. The maximum absolute atomic E-state index is 13.8. The van der Waals surface area contributed by atoms with Crippen LogP contribution in [0.15, 0.2) is 29.3 Å². The van der Waals surface area contributed by atoms with E-state index in [9.17, 15) is 63.3 Å². The van der Waals surface area contributed by atoms with Crippen molar-refractivity contribution in [1.82, 2.24) is 42.1 Å². The number of phenolic OH excluding ortho intramolecular Hbond substituents is 1. The third-order valence-corrected chi connectivity index (χ3v) is 10.5. The molecule has 66 heavy (non-hydrogen) atoms. The minimum absolute atomic E-state index is 0.00236. The third-order valence-electron chi connectivity index (χ3n) is 9.75. The summed E-state index contributed by atoms with van der Waals surface area (Å²) in [6.07, 6.45) is -0.740. The van der Waals surface area contributed by atoms with Crippen molar-refractivity contribution >= 4 is 90.4 Å². The van der Waals surface area contributed by atoms with Gasteiger partial charge >= 0.3 is 11.9 Å². The summed E-state index contributed by atoms with van der Waals surface area (Å²) in [7, 11) is 0. The second kappa shape index (κ2) is 27.8. The van der Waals surface area contributed by atoms with Crippen LogP contribution in [0.25, 0.3) is 0 Å². The molecule has 0 unspecified atom stereocenters. The number of thiol groups is 2. The molecule has 8 amide bonds. The van der Waals surface area contributed by atoms with E-state index < -0.39 is 127 Å². The highest BCUT2D eigenvalue weighted by atomic mass is 32.1. The van der Waals surface area contributed by atoms with Crippen LogP contribution in [0.4, 0.5) is 0 Å². The van der Waals surface area contributed by atoms with E-state index in [1.807, 2.05) is 0 Å². The van der Waals surface area contributed by atoms with Gasteiger partial charge in [0.2, 0.25) is 47.3 Å². The van der Waals surface area contributed by atoms with E-state index >= 15 is 0 Å². The van der Waals surface area contributed by atoms with E-state index in [1.54, 1.807) is 0 Å². The van der Waals surface area contributed by atoms with Gasteiger partial charge in [0.25, 0.3) is 0 Å². The number of phenols is 1. The molecule has 1 aliphatic heterocycles. The van der Waals surface area contributed by atoms with E-state index in [0.717, 1.165) is 4.90 Å². The van der Waals surface area contributed by atoms with Gasteiger partial charge in [-0.15, -0.1) is 0 Å². The minimum atomic E-state index is -1.68. The van der Waals surface area contributed by atoms with E-state index in [-0.39, 0.29) is 68.4 Å². The number of carbonyl (C=O) groups excluding carboxylic acids is 8. The number of nitrogens with one attached hydrogen (secondary N) is 7. The number of hydrogen-bond acceptors (Lipinski definition) is 16. The Labute approximate surface area is 389 Å². The Morgan fingerprint density at radius 1 is 0.758 bits per heavy atom. The Balaban J connectivity index is 2.24. The number of amides is 8. The summed E-state index contributed by atoms with van der Waals surface area (Å²) in [5.74, 6) is -10.9. The average Bonchev–Trinajstić information content (AvgIpc) is 3.77. The number of carboxylic acid groups (broad SMARTS) is 2. The van der Waals surface area contributed by atoms with Crippen molar-refractivity contribution in [3.8, 4) is 5.75 Å². The molecule has 0 spiro atoms. The maximum atomic E-state index is 13.8. The molecule has 0 radical (unpaired) electrons. The highest BCUT2D eigenvalue weighted by Crippen LogP contribution is 2.20. The molecule has 1 aliphatic rings. The van der Waals surface area contributed by atoms with Crippen molar-refractivity contribution in [3.05, 3.63) is 29.8 Å². The zero-order chi connectivity index (χ0) is 49.7. The Morgan fingerprint density at radius 3 is 1.92 bits per heavy atom. The first-order valence-corrected chi connectivity index (χ1v) is 21.6. The first-order chi connectivity index (χ1) is 31.1. The molecule has 26 nitrogen and oxygen atoms in total. The Morgan fingerprint density at radius 2 is 1.35 bits per heavy atom. The maximum Gasteiger partial charge on any atom is 0.322 e. The molecule has 0 saturated carbocycles.